The Kier molecular flexibility index (Phi) is 4.52. The van der Waals surface area contributed by atoms with Crippen molar-refractivity contribution in [1.29, 1.82) is 0 Å². The smallest absolute Gasteiger partial charge is 0.244 e. The van der Waals surface area contributed by atoms with Gasteiger partial charge in [-0.25, -0.2) is 4.68 Å². The Morgan fingerprint density at radius 1 is 1.42 bits per heavy atom. The number of amides is 1. The van der Waals surface area contributed by atoms with Gasteiger partial charge < -0.3 is 10.0 Å². The Morgan fingerprint density at radius 3 is 2.74 bits per heavy atom. The topological polar surface area (TPSA) is 71.2 Å². The number of hydrogen-bond donors (Lipinski definition) is 1. The maximum atomic E-state index is 12.2. The van der Waals surface area contributed by atoms with Gasteiger partial charge in [0.1, 0.15) is 6.54 Å². The van der Waals surface area contributed by atoms with Crippen molar-refractivity contribution in [3.8, 4) is 0 Å². The first kappa shape index (κ1) is 14.0. The highest BCUT2D eigenvalue weighted by atomic mass is 16.3. The number of aliphatic hydroxyl groups is 1. The molecule has 2 heterocycles. The van der Waals surface area contributed by atoms with Gasteiger partial charge in [0.15, 0.2) is 0 Å². The molecule has 2 unspecified atom stereocenters. The van der Waals surface area contributed by atoms with E-state index in [1.54, 1.807) is 10.9 Å². The second-order valence-corrected chi connectivity index (χ2v) is 5.63. The third-order valence-corrected chi connectivity index (χ3v) is 3.47. The van der Waals surface area contributed by atoms with Crippen molar-refractivity contribution in [3.63, 3.8) is 0 Å². The largest absolute Gasteiger partial charge is 0.396 e. The van der Waals surface area contributed by atoms with Gasteiger partial charge >= 0.3 is 0 Å². The van der Waals surface area contributed by atoms with E-state index in [0.717, 1.165) is 18.8 Å². The summed E-state index contributed by atoms with van der Waals surface area (Å²) in [6.45, 7) is 6.32. The van der Waals surface area contributed by atoms with E-state index in [1.807, 2.05) is 4.90 Å². The number of likely N-dealkylation sites (tertiary alicyclic amines) is 1. The lowest BCUT2D eigenvalue weighted by atomic mass is 9.92. The summed E-state index contributed by atoms with van der Waals surface area (Å²) in [5.41, 5.74) is 0.718. The summed E-state index contributed by atoms with van der Waals surface area (Å²) in [4.78, 5) is 14.1. The van der Waals surface area contributed by atoms with E-state index in [2.05, 4.69) is 24.2 Å². The fraction of sp³-hybridized carbons (Fsp3) is 0.769. The highest BCUT2D eigenvalue weighted by molar-refractivity contribution is 5.76. The Bertz CT molecular complexity index is 422. The van der Waals surface area contributed by atoms with Crippen LogP contribution in [0.15, 0.2) is 6.20 Å². The van der Waals surface area contributed by atoms with Crippen molar-refractivity contribution in [3.05, 3.63) is 11.9 Å². The zero-order valence-electron chi connectivity index (χ0n) is 11.6. The zero-order valence-corrected chi connectivity index (χ0v) is 11.6. The summed E-state index contributed by atoms with van der Waals surface area (Å²) in [5.74, 6) is 1.22. The van der Waals surface area contributed by atoms with E-state index in [4.69, 9.17) is 5.11 Å². The SMILES string of the molecule is CC1CC(C)CN(C(=O)Cn2cc(CCO)nn2)C1. The second-order valence-electron chi connectivity index (χ2n) is 5.63. The van der Waals surface area contributed by atoms with E-state index < -0.39 is 0 Å². The van der Waals surface area contributed by atoms with Gasteiger partial charge in [-0.1, -0.05) is 19.1 Å². The van der Waals surface area contributed by atoms with Crippen molar-refractivity contribution in [2.75, 3.05) is 19.7 Å². The molecule has 2 rings (SSSR count). The van der Waals surface area contributed by atoms with Crippen LogP contribution in [0.5, 0.6) is 0 Å². The molecule has 1 aliphatic rings. The molecule has 1 amide bonds. The Hall–Kier alpha value is -1.43. The maximum absolute atomic E-state index is 12.2. The third-order valence-electron chi connectivity index (χ3n) is 3.47. The molecule has 0 radical (unpaired) electrons. The van der Waals surface area contributed by atoms with Gasteiger partial charge in [-0.3, -0.25) is 4.79 Å². The lowest BCUT2D eigenvalue weighted by Crippen LogP contribution is -2.44. The summed E-state index contributed by atoms with van der Waals surface area (Å²) >= 11 is 0. The molecule has 2 atom stereocenters. The van der Waals surface area contributed by atoms with Crippen molar-refractivity contribution >= 4 is 5.91 Å². The van der Waals surface area contributed by atoms with E-state index in [9.17, 15) is 4.79 Å². The van der Waals surface area contributed by atoms with Crippen LogP contribution in [-0.4, -0.2) is 50.6 Å². The van der Waals surface area contributed by atoms with Gasteiger partial charge in [-0.05, 0) is 18.3 Å². The Labute approximate surface area is 113 Å². The lowest BCUT2D eigenvalue weighted by Gasteiger charge is -2.34. The van der Waals surface area contributed by atoms with Crippen LogP contribution in [0.25, 0.3) is 0 Å². The fourth-order valence-electron chi connectivity index (χ4n) is 2.75. The average molecular weight is 266 g/mol. The molecule has 1 aromatic heterocycles. The number of hydrogen-bond acceptors (Lipinski definition) is 4. The number of carbonyl (C=O) groups is 1. The number of aromatic nitrogens is 3. The monoisotopic (exact) mass is 266 g/mol. The third kappa shape index (κ3) is 3.76. The molecule has 19 heavy (non-hydrogen) atoms. The summed E-state index contributed by atoms with van der Waals surface area (Å²) in [6, 6.07) is 0. The molecule has 1 fully saturated rings. The highest BCUT2D eigenvalue weighted by Gasteiger charge is 2.25. The fourth-order valence-corrected chi connectivity index (χ4v) is 2.75. The van der Waals surface area contributed by atoms with Crippen LogP contribution in [0.2, 0.25) is 0 Å². The molecular weight excluding hydrogens is 244 g/mol. The Morgan fingerprint density at radius 2 is 2.11 bits per heavy atom. The van der Waals surface area contributed by atoms with Gasteiger partial charge in [0.2, 0.25) is 5.91 Å². The predicted molar refractivity (Wildman–Crippen MR) is 70.3 cm³/mol. The van der Waals surface area contributed by atoms with Crippen molar-refractivity contribution in [2.24, 2.45) is 11.8 Å². The minimum Gasteiger partial charge on any atom is -0.396 e. The summed E-state index contributed by atoms with van der Waals surface area (Å²) in [5, 5.41) is 16.7. The molecule has 0 aliphatic carbocycles. The van der Waals surface area contributed by atoms with E-state index >= 15 is 0 Å². The molecule has 6 heteroatoms. The van der Waals surface area contributed by atoms with Crippen LogP contribution in [-0.2, 0) is 17.8 Å². The number of rotatable bonds is 4. The van der Waals surface area contributed by atoms with E-state index in [1.165, 1.54) is 6.42 Å². The van der Waals surface area contributed by atoms with Gasteiger partial charge in [0, 0.05) is 32.3 Å². The number of piperidine rings is 1. The van der Waals surface area contributed by atoms with Crippen LogP contribution in [0, 0.1) is 11.8 Å². The molecule has 6 nitrogen and oxygen atoms in total. The average Bonchev–Trinajstić information content (AvgIpc) is 2.76. The van der Waals surface area contributed by atoms with Crippen molar-refractivity contribution in [2.45, 2.75) is 33.2 Å². The first-order valence-electron chi connectivity index (χ1n) is 6.86. The molecular formula is C13H22N4O2. The molecule has 1 N–H and O–H groups in total. The molecule has 0 aromatic carbocycles. The predicted octanol–water partition coefficient (Wildman–Crippen LogP) is 0.317. The maximum Gasteiger partial charge on any atom is 0.244 e. The van der Waals surface area contributed by atoms with Crippen LogP contribution < -0.4 is 0 Å². The summed E-state index contributed by atoms with van der Waals surface area (Å²) < 4.78 is 1.55. The van der Waals surface area contributed by atoms with Gasteiger partial charge in [0.05, 0.1) is 5.69 Å². The van der Waals surface area contributed by atoms with Crippen LogP contribution in [0.1, 0.15) is 26.0 Å². The quantitative estimate of drug-likeness (QED) is 0.852. The van der Waals surface area contributed by atoms with Crippen molar-refractivity contribution < 1.29 is 9.90 Å². The number of nitrogens with zero attached hydrogens (tertiary/aromatic N) is 4. The van der Waals surface area contributed by atoms with Crippen LogP contribution >= 0.6 is 0 Å². The molecule has 0 spiro atoms. The zero-order chi connectivity index (χ0) is 13.8. The molecule has 106 valence electrons. The first-order chi connectivity index (χ1) is 9.08. The molecule has 1 aliphatic heterocycles. The van der Waals surface area contributed by atoms with Gasteiger partial charge in [0.25, 0.3) is 0 Å². The van der Waals surface area contributed by atoms with Gasteiger partial charge in [-0.2, -0.15) is 0 Å². The lowest BCUT2D eigenvalue weighted by molar-refractivity contribution is -0.134. The standard InChI is InChI=1S/C13H22N4O2/c1-10-5-11(2)7-16(6-10)13(19)9-17-8-12(3-4-18)14-15-17/h8,10-11,18H,3-7,9H2,1-2H3. The highest BCUT2D eigenvalue weighted by Crippen LogP contribution is 2.21. The Balaban J connectivity index is 1.92. The first-order valence-corrected chi connectivity index (χ1v) is 6.86. The second kappa shape index (κ2) is 6.14. The van der Waals surface area contributed by atoms with E-state index in [-0.39, 0.29) is 19.1 Å². The molecule has 1 aromatic rings. The molecule has 1 saturated heterocycles. The van der Waals surface area contributed by atoms with E-state index in [0.29, 0.717) is 18.3 Å². The normalized spacial score (nSPS) is 23.6. The van der Waals surface area contributed by atoms with Crippen molar-refractivity contribution in [1.82, 2.24) is 19.9 Å². The van der Waals surface area contributed by atoms with Gasteiger partial charge in [-0.15, -0.1) is 5.10 Å². The molecule has 0 bridgehead atoms. The molecule has 0 saturated carbocycles. The minimum atomic E-state index is 0.0494. The summed E-state index contributed by atoms with van der Waals surface area (Å²) in [7, 11) is 0. The summed E-state index contributed by atoms with van der Waals surface area (Å²) in [6.07, 6.45) is 3.39. The van der Waals surface area contributed by atoms with Crippen LogP contribution in [0.3, 0.4) is 0 Å². The number of aliphatic hydroxyl groups excluding tert-OH is 1. The number of carbonyl (C=O) groups excluding carboxylic acids is 1. The van der Waals surface area contributed by atoms with Crippen LogP contribution in [0.4, 0.5) is 0 Å². The minimum absolute atomic E-state index is 0.0494.